The van der Waals surface area contributed by atoms with Gasteiger partial charge in [-0.1, -0.05) is 13.0 Å². The van der Waals surface area contributed by atoms with Gasteiger partial charge in [-0.15, -0.1) is 0 Å². The molecule has 1 fully saturated rings. The molecule has 0 spiro atoms. The molecule has 0 bridgehead atoms. The maximum absolute atomic E-state index is 13.5. The van der Waals surface area contributed by atoms with E-state index in [0.29, 0.717) is 11.5 Å². The van der Waals surface area contributed by atoms with Crippen molar-refractivity contribution in [3.63, 3.8) is 0 Å². The lowest BCUT2D eigenvalue weighted by molar-refractivity contribution is -0.140. The van der Waals surface area contributed by atoms with E-state index in [1.165, 1.54) is 6.07 Å². The molecule has 0 saturated carbocycles. The molecular formula is C13H15F4N. The molecule has 0 aromatic heterocycles. The predicted octanol–water partition coefficient (Wildman–Crippen LogP) is 3.56. The first-order chi connectivity index (χ1) is 8.39. The van der Waals surface area contributed by atoms with Crippen LogP contribution in [0.25, 0.3) is 0 Å². The second kappa shape index (κ2) is 4.88. The molecule has 1 saturated heterocycles. The van der Waals surface area contributed by atoms with Crippen molar-refractivity contribution in [1.29, 1.82) is 0 Å². The molecule has 1 aliphatic rings. The van der Waals surface area contributed by atoms with E-state index in [1.807, 2.05) is 6.92 Å². The van der Waals surface area contributed by atoms with Gasteiger partial charge >= 0.3 is 6.18 Å². The Kier molecular flexibility index (Phi) is 3.61. The number of hydrogen-bond donors (Lipinski definition) is 1. The van der Waals surface area contributed by atoms with Gasteiger partial charge in [-0.05, 0) is 49.0 Å². The molecule has 1 nitrogen and oxygen atoms in total. The van der Waals surface area contributed by atoms with E-state index in [1.54, 1.807) is 0 Å². The normalized spacial score (nSPS) is 25.2. The van der Waals surface area contributed by atoms with Gasteiger partial charge in [0.2, 0.25) is 0 Å². The zero-order valence-corrected chi connectivity index (χ0v) is 10.0. The Balaban J connectivity index is 2.28. The van der Waals surface area contributed by atoms with Gasteiger partial charge in [0.25, 0.3) is 0 Å². The Labute approximate surface area is 103 Å². The van der Waals surface area contributed by atoms with E-state index in [9.17, 15) is 17.6 Å². The Bertz CT molecular complexity index is 427. The van der Waals surface area contributed by atoms with Crippen molar-refractivity contribution in [2.45, 2.75) is 25.4 Å². The highest BCUT2D eigenvalue weighted by molar-refractivity contribution is 5.29. The molecule has 0 aliphatic carbocycles. The molecule has 0 amide bonds. The molecule has 1 aromatic rings. The average molecular weight is 261 g/mol. The standard InChI is InChI=1S/C13H15F4N/c1-8-7-18-5-4-10(8)9-2-3-11(12(14)6-9)13(15,16)17/h2-3,6,8,10,18H,4-5,7H2,1H3/t8-,10+/m1/s1. The van der Waals surface area contributed by atoms with Crippen LogP contribution in [0.15, 0.2) is 18.2 Å². The molecule has 1 aliphatic heterocycles. The van der Waals surface area contributed by atoms with Gasteiger partial charge in [0.1, 0.15) is 5.82 Å². The van der Waals surface area contributed by atoms with Gasteiger partial charge in [0.05, 0.1) is 5.56 Å². The summed E-state index contributed by atoms with van der Waals surface area (Å²) in [7, 11) is 0. The van der Waals surface area contributed by atoms with Crippen molar-refractivity contribution < 1.29 is 17.6 Å². The summed E-state index contributed by atoms with van der Waals surface area (Å²) in [5.74, 6) is -0.747. The Hall–Kier alpha value is -1.10. The van der Waals surface area contributed by atoms with Crippen molar-refractivity contribution in [2.75, 3.05) is 13.1 Å². The summed E-state index contributed by atoms with van der Waals surface area (Å²) in [5.41, 5.74) is -0.526. The second-order valence-electron chi connectivity index (χ2n) is 4.81. The molecule has 5 heteroatoms. The summed E-state index contributed by atoms with van der Waals surface area (Å²) in [6.45, 7) is 3.65. The fourth-order valence-electron chi connectivity index (χ4n) is 2.50. The van der Waals surface area contributed by atoms with Crippen LogP contribution in [-0.4, -0.2) is 13.1 Å². The third-order valence-corrected chi connectivity index (χ3v) is 3.51. The summed E-state index contributed by atoms with van der Waals surface area (Å²) >= 11 is 0. The number of alkyl halides is 3. The summed E-state index contributed by atoms with van der Waals surface area (Å²) in [6.07, 6.45) is -3.80. The Morgan fingerprint density at radius 3 is 2.56 bits per heavy atom. The highest BCUT2D eigenvalue weighted by Gasteiger charge is 2.34. The lowest BCUT2D eigenvalue weighted by Gasteiger charge is -2.30. The number of benzene rings is 1. The maximum Gasteiger partial charge on any atom is 0.419 e. The highest BCUT2D eigenvalue weighted by atomic mass is 19.4. The van der Waals surface area contributed by atoms with Crippen molar-refractivity contribution in [3.05, 3.63) is 35.1 Å². The smallest absolute Gasteiger partial charge is 0.316 e. The van der Waals surface area contributed by atoms with Gasteiger partial charge < -0.3 is 5.32 Å². The minimum Gasteiger partial charge on any atom is -0.316 e. The minimum atomic E-state index is -4.62. The van der Waals surface area contributed by atoms with Gasteiger partial charge in [-0.25, -0.2) is 4.39 Å². The van der Waals surface area contributed by atoms with Crippen molar-refractivity contribution in [3.8, 4) is 0 Å². The van der Waals surface area contributed by atoms with Gasteiger partial charge in [0.15, 0.2) is 0 Å². The van der Waals surface area contributed by atoms with Crippen molar-refractivity contribution in [2.24, 2.45) is 5.92 Å². The monoisotopic (exact) mass is 261 g/mol. The average Bonchev–Trinajstić information content (AvgIpc) is 2.27. The highest BCUT2D eigenvalue weighted by Crippen LogP contribution is 2.35. The van der Waals surface area contributed by atoms with Gasteiger partial charge in [-0.3, -0.25) is 0 Å². The molecule has 2 atom stereocenters. The fraction of sp³-hybridized carbons (Fsp3) is 0.538. The Morgan fingerprint density at radius 2 is 2.00 bits per heavy atom. The number of rotatable bonds is 1. The molecule has 2 rings (SSSR count). The first-order valence-corrected chi connectivity index (χ1v) is 5.97. The van der Waals surface area contributed by atoms with E-state index < -0.39 is 17.6 Å². The lowest BCUT2D eigenvalue weighted by Crippen LogP contribution is -2.33. The van der Waals surface area contributed by atoms with Crippen molar-refractivity contribution in [1.82, 2.24) is 5.32 Å². The van der Waals surface area contributed by atoms with Crippen LogP contribution in [0.4, 0.5) is 17.6 Å². The van der Waals surface area contributed by atoms with Crippen LogP contribution >= 0.6 is 0 Å². The molecule has 18 heavy (non-hydrogen) atoms. The Morgan fingerprint density at radius 1 is 1.28 bits per heavy atom. The number of piperidine rings is 1. The van der Waals surface area contributed by atoms with Gasteiger partial charge in [-0.2, -0.15) is 13.2 Å². The largest absolute Gasteiger partial charge is 0.419 e. The number of halogens is 4. The number of hydrogen-bond acceptors (Lipinski definition) is 1. The summed E-state index contributed by atoms with van der Waals surface area (Å²) in [5, 5.41) is 3.21. The van der Waals surface area contributed by atoms with Gasteiger partial charge in [0, 0.05) is 0 Å². The van der Waals surface area contributed by atoms with Crippen LogP contribution in [0.3, 0.4) is 0 Å². The first kappa shape index (κ1) is 13.3. The molecular weight excluding hydrogens is 246 g/mol. The molecule has 0 unspecified atom stereocenters. The minimum absolute atomic E-state index is 0.128. The summed E-state index contributed by atoms with van der Waals surface area (Å²) in [6, 6.07) is 3.28. The van der Waals surface area contributed by atoms with E-state index in [4.69, 9.17) is 0 Å². The quantitative estimate of drug-likeness (QED) is 0.762. The van der Waals surface area contributed by atoms with E-state index in [0.717, 1.165) is 31.6 Å². The van der Waals surface area contributed by atoms with Crippen LogP contribution in [0, 0.1) is 11.7 Å². The third kappa shape index (κ3) is 2.66. The van der Waals surface area contributed by atoms with Crippen LogP contribution < -0.4 is 5.32 Å². The molecule has 0 radical (unpaired) electrons. The molecule has 1 heterocycles. The van der Waals surface area contributed by atoms with E-state index in [2.05, 4.69) is 5.32 Å². The molecule has 1 aromatic carbocycles. The SMILES string of the molecule is C[C@@H]1CNCC[C@@H]1c1ccc(C(F)(F)F)c(F)c1. The first-order valence-electron chi connectivity index (χ1n) is 5.97. The van der Waals surface area contributed by atoms with Crippen LogP contribution in [0.5, 0.6) is 0 Å². The zero-order valence-electron chi connectivity index (χ0n) is 10.0. The second-order valence-corrected chi connectivity index (χ2v) is 4.81. The van der Waals surface area contributed by atoms with Crippen LogP contribution in [0.1, 0.15) is 30.4 Å². The van der Waals surface area contributed by atoms with Crippen molar-refractivity contribution >= 4 is 0 Å². The maximum atomic E-state index is 13.5. The van der Waals surface area contributed by atoms with Crippen LogP contribution in [0.2, 0.25) is 0 Å². The lowest BCUT2D eigenvalue weighted by atomic mass is 9.82. The topological polar surface area (TPSA) is 12.0 Å². The number of nitrogens with one attached hydrogen (secondary N) is 1. The zero-order chi connectivity index (χ0) is 13.3. The summed E-state index contributed by atoms with van der Waals surface area (Å²) in [4.78, 5) is 0. The predicted molar refractivity (Wildman–Crippen MR) is 60.8 cm³/mol. The fourth-order valence-corrected chi connectivity index (χ4v) is 2.50. The van der Waals surface area contributed by atoms with E-state index >= 15 is 0 Å². The van der Waals surface area contributed by atoms with Crippen LogP contribution in [-0.2, 0) is 6.18 Å². The van der Waals surface area contributed by atoms with E-state index in [-0.39, 0.29) is 5.92 Å². The third-order valence-electron chi connectivity index (χ3n) is 3.51. The molecule has 1 N–H and O–H groups in total. The molecule has 100 valence electrons. The summed E-state index contributed by atoms with van der Waals surface area (Å²) < 4.78 is 50.8.